The third-order valence-corrected chi connectivity index (χ3v) is 3.49. The Kier molecular flexibility index (Phi) is 3.86. The predicted octanol–water partition coefficient (Wildman–Crippen LogP) is 3.82. The fraction of sp³-hybridized carbons (Fsp3) is 0.300. The SMILES string of the molecule is CCNCc1ncc(-c2cc(Cl)sc2Cl)o1. The van der Waals surface area contributed by atoms with E-state index in [0.29, 0.717) is 26.9 Å². The molecule has 0 saturated heterocycles. The molecule has 0 aliphatic carbocycles. The van der Waals surface area contributed by atoms with E-state index in [-0.39, 0.29) is 0 Å². The van der Waals surface area contributed by atoms with Gasteiger partial charge in [0.2, 0.25) is 5.89 Å². The smallest absolute Gasteiger partial charge is 0.208 e. The molecule has 2 aromatic rings. The van der Waals surface area contributed by atoms with Crippen LogP contribution in [0.2, 0.25) is 8.67 Å². The Morgan fingerprint density at radius 3 is 2.94 bits per heavy atom. The summed E-state index contributed by atoms with van der Waals surface area (Å²) in [6.07, 6.45) is 1.66. The van der Waals surface area contributed by atoms with Gasteiger partial charge in [-0.3, -0.25) is 0 Å². The van der Waals surface area contributed by atoms with Crippen molar-refractivity contribution in [1.29, 1.82) is 0 Å². The third kappa shape index (κ3) is 2.58. The molecule has 0 amide bonds. The minimum Gasteiger partial charge on any atom is -0.439 e. The van der Waals surface area contributed by atoms with Crippen LogP contribution in [0.1, 0.15) is 12.8 Å². The van der Waals surface area contributed by atoms with Crippen molar-refractivity contribution < 1.29 is 4.42 Å². The van der Waals surface area contributed by atoms with Gasteiger partial charge >= 0.3 is 0 Å². The quantitative estimate of drug-likeness (QED) is 0.923. The zero-order valence-electron chi connectivity index (χ0n) is 8.59. The zero-order valence-corrected chi connectivity index (χ0v) is 10.9. The standard InChI is InChI=1S/C10H10Cl2N2OS/c1-2-13-5-9-14-4-7(15-9)6-3-8(11)16-10(6)12/h3-4,13H,2,5H2,1H3. The van der Waals surface area contributed by atoms with Gasteiger partial charge in [0, 0.05) is 5.56 Å². The van der Waals surface area contributed by atoms with Crippen LogP contribution in [0.4, 0.5) is 0 Å². The zero-order chi connectivity index (χ0) is 11.5. The summed E-state index contributed by atoms with van der Waals surface area (Å²) in [6, 6.07) is 1.78. The van der Waals surface area contributed by atoms with Gasteiger partial charge < -0.3 is 9.73 Å². The molecule has 86 valence electrons. The van der Waals surface area contributed by atoms with Crippen LogP contribution in [0, 0.1) is 0 Å². The number of hydrogen-bond acceptors (Lipinski definition) is 4. The molecule has 2 rings (SSSR count). The van der Waals surface area contributed by atoms with Crippen LogP contribution >= 0.6 is 34.5 Å². The highest BCUT2D eigenvalue weighted by Crippen LogP contribution is 2.38. The molecule has 0 aromatic carbocycles. The van der Waals surface area contributed by atoms with Gasteiger partial charge in [-0.15, -0.1) is 11.3 Å². The average Bonchev–Trinajstić information content (AvgIpc) is 2.82. The number of aromatic nitrogens is 1. The lowest BCUT2D eigenvalue weighted by atomic mass is 10.3. The van der Waals surface area contributed by atoms with E-state index in [1.165, 1.54) is 11.3 Å². The van der Waals surface area contributed by atoms with E-state index >= 15 is 0 Å². The maximum absolute atomic E-state index is 6.02. The van der Waals surface area contributed by atoms with Crippen LogP contribution in [0.3, 0.4) is 0 Å². The summed E-state index contributed by atoms with van der Waals surface area (Å²) in [7, 11) is 0. The molecule has 0 saturated carbocycles. The highest BCUT2D eigenvalue weighted by atomic mass is 35.5. The molecule has 0 unspecified atom stereocenters. The molecule has 0 bridgehead atoms. The fourth-order valence-electron chi connectivity index (χ4n) is 1.26. The molecule has 16 heavy (non-hydrogen) atoms. The first-order chi connectivity index (χ1) is 7.70. The third-order valence-electron chi connectivity index (χ3n) is 2.00. The highest BCUT2D eigenvalue weighted by molar-refractivity contribution is 7.20. The second-order valence-electron chi connectivity index (χ2n) is 3.14. The number of oxazole rings is 1. The molecule has 6 heteroatoms. The Morgan fingerprint density at radius 2 is 2.31 bits per heavy atom. The molecule has 2 heterocycles. The van der Waals surface area contributed by atoms with Gasteiger partial charge in [0.25, 0.3) is 0 Å². The molecular formula is C10H10Cl2N2OS. The van der Waals surface area contributed by atoms with Crippen molar-refractivity contribution in [2.24, 2.45) is 0 Å². The van der Waals surface area contributed by atoms with E-state index < -0.39 is 0 Å². The van der Waals surface area contributed by atoms with Crippen LogP contribution in [-0.2, 0) is 6.54 Å². The van der Waals surface area contributed by atoms with Crippen LogP contribution in [0.25, 0.3) is 11.3 Å². The van der Waals surface area contributed by atoms with Crippen molar-refractivity contribution in [3.8, 4) is 11.3 Å². The molecule has 0 atom stereocenters. The van der Waals surface area contributed by atoms with Gasteiger partial charge in [0.05, 0.1) is 17.1 Å². The summed E-state index contributed by atoms with van der Waals surface area (Å²) >= 11 is 13.2. The number of rotatable bonds is 4. The first-order valence-corrected chi connectivity index (χ1v) is 6.38. The van der Waals surface area contributed by atoms with Crippen LogP contribution < -0.4 is 5.32 Å². The second-order valence-corrected chi connectivity index (χ2v) is 5.42. The number of hydrogen-bond donors (Lipinski definition) is 1. The predicted molar refractivity (Wildman–Crippen MR) is 67.2 cm³/mol. The molecule has 0 aliphatic heterocycles. The van der Waals surface area contributed by atoms with Crippen molar-refractivity contribution in [3.05, 3.63) is 26.8 Å². The molecule has 0 fully saturated rings. The summed E-state index contributed by atoms with van der Waals surface area (Å²) in [5, 5.41) is 3.14. The summed E-state index contributed by atoms with van der Waals surface area (Å²) in [5.41, 5.74) is 0.798. The van der Waals surface area contributed by atoms with Crippen molar-refractivity contribution in [2.75, 3.05) is 6.54 Å². The maximum atomic E-state index is 6.02. The fourth-order valence-corrected chi connectivity index (χ4v) is 2.73. The van der Waals surface area contributed by atoms with Gasteiger partial charge in [-0.25, -0.2) is 4.98 Å². The van der Waals surface area contributed by atoms with Gasteiger partial charge in [0.1, 0.15) is 4.34 Å². The van der Waals surface area contributed by atoms with E-state index in [9.17, 15) is 0 Å². The van der Waals surface area contributed by atoms with Gasteiger partial charge in [0.15, 0.2) is 5.76 Å². The van der Waals surface area contributed by atoms with Crippen molar-refractivity contribution in [3.63, 3.8) is 0 Å². The van der Waals surface area contributed by atoms with Crippen molar-refractivity contribution in [1.82, 2.24) is 10.3 Å². The Labute approximate surface area is 107 Å². The summed E-state index contributed by atoms with van der Waals surface area (Å²) < 4.78 is 6.82. The second kappa shape index (κ2) is 5.19. The van der Waals surface area contributed by atoms with Crippen LogP contribution in [0.5, 0.6) is 0 Å². The van der Waals surface area contributed by atoms with Crippen LogP contribution in [-0.4, -0.2) is 11.5 Å². The average molecular weight is 277 g/mol. The first kappa shape index (κ1) is 11.9. The number of nitrogens with zero attached hydrogens (tertiary/aromatic N) is 1. The van der Waals surface area contributed by atoms with Crippen LogP contribution in [0.15, 0.2) is 16.7 Å². The Bertz CT molecular complexity index is 481. The number of thiophene rings is 1. The monoisotopic (exact) mass is 276 g/mol. The largest absolute Gasteiger partial charge is 0.439 e. The lowest BCUT2D eigenvalue weighted by molar-refractivity contribution is 0.482. The minimum absolute atomic E-state index is 0.617. The minimum atomic E-state index is 0.617. The van der Waals surface area contributed by atoms with Gasteiger partial charge in [-0.05, 0) is 12.6 Å². The lowest BCUT2D eigenvalue weighted by Gasteiger charge is -1.95. The normalized spacial score (nSPS) is 10.9. The van der Waals surface area contributed by atoms with E-state index in [2.05, 4.69) is 10.3 Å². The van der Waals surface area contributed by atoms with Crippen molar-refractivity contribution in [2.45, 2.75) is 13.5 Å². The maximum Gasteiger partial charge on any atom is 0.208 e. The molecule has 0 radical (unpaired) electrons. The summed E-state index contributed by atoms with van der Waals surface area (Å²) in [5.74, 6) is 1.30. The summed E-state index contributed by atoms with van der Waals surface area (Å²) in [6.45, 7) is 3.52. The Morgan fingerprint density at radius 1 is 1.50 bits per heavy atom. The Hall–Kier alpha value is -0.550. The van der Waals surface area contributed by atoms with E-state index in [4.69, 9.17) is 27.6 Å². The van der Waals surface area contributed by atoms with E-state index in [0.717, 1.165) is 12.1 Å². The number of halogens is 2. The van der Waals surface area contributed by atoms with Gasteiger partial charge in [-0.1, -0.05) is 30.1 Å². The molecule has 0 aliphatic rings. The molecule has 0 spiro atoms. The molecule has 1 N–H and O–H groups in total. The van der Waals surface area contributed by atoms with E-state index in [1.807, 2.05) is 6.92 Å². The lowest BCUT2D eigenvalue weighted by Crippen LogP contribution is -2.11. The number of nitrogens with one attached hydrogen (secondary N) is 1. The molecular weight excluding hydrogens is 267 g/mol. The van der Waals surface area contributed by atoms with Gasteiger partial charge in [-0.2, -0.15) is 0 Å². The van der Waals surface area contributed by atoms with E-state index in [1.54, 1.807) is 12.3 Å². The molecule has 2 aromatic heterocycles. The summed E-state index contributed by atoms with van der Waals surface area (Å²) in [4.78, 5) is 4.15. The highest BCUT2D eigenvalue weighted by Gasteiger charge is 2.12. The van der Waals surface area contributed by atoms with Crippen molar-refractivity contribution >= 4 is 34.5 Å². The molecule has 3 nitrogen and oxygen atoms in total. The first-order valence-electron chi connectivity index (χ1n) is 4.81. The topological polar surface area (TPSA) is 38.1 Å². The Balaban J connectivity index is 2.21.